The third-order valence-corrected chi connectivity index (χ3v) is 6.23. The number of hydrogen-bond donors (Lipinski definition) is 1. The number of rotatable bonds is 10. The normalized spacial score (nSPS) is 10.8. The van der Waals surface area contributed by atoms with Crippen LogP contribution in [0.1, 0.15) is 22.3 Å². The summed E-state index contributed by atoms with van der Waals surface area (Å²) < 4.78 is 32.9. The summed E-state index contributed by atoms with van der Waals surface area (Å²) in [6.07, 6.45) is 0.116. The van der Waals surface area contributed by atoms with Crippen molar-refractivity contribution in [2.24, 2.45) is 0 Å². The smallest absolute Gasteiger partial charge is 0.338 e. The molecule has 174 valence electrons. The van der Waals surface area contributed by atoms with Gasteiger partial charge in [0.15, 0.2) is 6.61 Å². The molecule has 0 aromatic heterocycles. The van der Waals surface area contributed by atoms with Crippen LogP contribution in [0.25, 0.3) is 0 Å². The van der Waals surface area contributed by atoms with Crippen LogP contribution in [0.4, 0.5) is 5.69 Å². The number of carbonyl (C=O) groups is 2. The van der Waals surface area contributed by atoms with Crippen molar-refractivity contribution in [1.82, 2.24) is 4.72 Å². The number of benzene rings is 3. The monoisotopic (exact) mass is 477 g/mol. The van der Waals surface area contributed by atoms with Crippen molar-refractivity contribution < 1.29 is 22.7 Å². The third kappa shape index (κ3) is 6.75. The topological polar surface area (TPSA) is 117 Å². The number of esters is 1. The molecule has 0 atom stereocenters. The number of anilines is 1. The van der Waals surface area contributed by atoms with Gasteiger partial charge in [-0.25, -0.2) is 17.9 Å². The highest BCUT2D eigenvalue weighted by atomic mass is 32.2. The van der Waals surface area contributed by atoms with Crippen LogP contribution in [-0.4, -0.2) is 33.4 Å². The van der Waals surface area contributed by atoms with Gasteiger partial charge in [-0.2, -0.15) is 5.26 Å². The number of sulfonamides is 1. The summed E-state index contributed by atoms with van der Waals surface area (Å²) >= 11 is 0. The first kappa shape index (κ1) is 24.6. The minimum absolute atomic E-state index is 0.00123. The fraction of sp³-hybridized carbons (Fsp3) is 0.160. The number of amides is 1. The first-order valence-corrected chi connectivity index (χ1v) is 11.9. The maximum Gasteiger partial charge on any atom is 0.338 e. The number of para-hydroxylation sites is 1. The highest BCUT2D eigenvalue weighted by molar-refractivity contribution is 7.89. The zero-order chi connectivity index (χ0) is 24.4. The Morgan fingerprint density at radius 2 is 1.62 bits per heavy atom. The summed E-state index contributed by atoms with van der Waals surface area (Å²) in [7, 11) is -3.87. The van der Waals surface area contributed by atoms with Gasteiger partial charge < -0.3 is 9.64 Å². The van der Waals surface area contributed by atoms with E-state index in [0.29, 0.717) is 5.69 Å². The molecule has 1 N–H and O–H groups in total. The van der Waals surface area contributed by atoms with Gasteiger partial charge in [0, 0.05) is 18.8 Å². The number of nitrogens with one attached hydrogen (secondary N) is 1. The first-order chi connectivity index (χ1) is 16.4. The van der Waals surface area contributed by atoms with Gasteiger partial charge in [0.05, 0.1) is 22.9 Å². The molecule has 0 radical (unpaired) electrons. The molecule has 0 saturated carbocycles. The number of nitrogens with zero attached hydrogens (tertiary/aromatic N) is 2. The lowest BCUT2D eigenvalue weighted by atomic mass is 10.2. The van der Waals surface area contributed by atoms with Crippen LogP contribution in [0.15, 0.2) is 89.8 Å². The Bertz CT molecular complexity index is 1270. The highest BCUT2D eigenvalue weighted by Crippen LogP contribution is 2.16. The second-order valence-corrected chi connectivity index (χ2v) is 8.97. The zero-order valence-electron chi connectivity index (χ0n) is 18.3. The van der Waals surface area contributed by atoms with Crippen molar-refractivity contribution in [1.29, 1.82) is 5.26 Å². The second kappa shape index (κ2) is 11.7. The van der Waals surface area contributed by atoms with Crippen LogP contribution in [0.2, 0.25) is 0 Å². The molecule has 0 aliphatic heterocycles. The maximum absolute atomic E-state index is 12.7. The number of hydrogen-bond acceptors (Lipinski definition) is 6. The van der Waals surface area contributed by atoms with Gasteiger partial charge in [0.1, 0.15) is 0 Å². The van der Waals surface area contributed by atoms with E-state index in [1.165, 1.54) is 29.2 Å². The quantitative estimate of drug-likeness (QED) is 0.448. The van der Waals surface area contributed by atoms with Gasteiger partial charge in [-0.05, 0) is 35.9 Å². The van der Waals surface area contributed by atoms with Crippen molar-refractivity contribution in [2.45, 2.75) is 17.9 Å². The third-order valence-electron chi connectivity index (χ3n) is 4.83. The molecule has 0 aliphatic rings. The molecule has 0 aliphatic carbocycles. The van der Waals surface area contributed by atoms with Crippen LogP contribution < -0.4 is 9.62 Å². The van der Waals surface area contributed by atoms with Crippen molar-refractivity contribution in [2.75, 3.05) is 18.1 Å². The molecular weight excluding hydrogens is 454 g/mol. The Kier molecular flexibility index (Phi) is 8.51. The molecule has 1 amide bonds. The summed E-state index contributed by atoms with van der Waals surface area (Å²) in [6, 6.07) is 25.2. The minimum atomic E-state index is -3.87. The van der Waals surface area contributed by atoms with Crippen LogP contribution in [0.5, 0.6) is 0 Å². The Morgan fingerprint density at radius 1 is 0.941 bits per heavy atom. The summed E-state index contributed by atoms with van der Waals surface area (Å²) in [4.78, 5) is 26.5. The summed E-state index contributed by atoms with van der Waals surface area (Å²) in [5.41, 5.74) is 1.37. The largest absolute Gasteiger partial charge is 0.452 e. The molecule has 8 nitrogen and oxygen atoms in total. The standard InChI is InChI=1S/C25H23N3O5S/c26-15-8-16-28(22-12-5-2-6-13-22)24(29)19-33-25(30)21-11-7-14-23(17-21)34(31,32)27-18-20-9-3-1-4-10-20/h1-7,9-14,17,27H,8,16,18-19H2. The lowest BCUT2D eigenvalue weighted by Crippen LogP contribution is -2.35. The average Bonchev–Trinajstić information content (AvgIpc) is 2.87. The SMILES string of the molecule is N#CCCN(C(=O)COC(=O)c1cccc(S(=O)(=O)NCc2ccccc2)c1)c1ccccc1. The van der Waals surface area contributed by atoms with Crippen LogP contribution >= 0.6 is 0 Å². The van der Waals surface area contributed by atoms with Crippen LogP contribution in [0.3, 0.4) is 0 Å². The average molecular weight is 478 g/mol. The van der Waals surface area contributed by atoms with Crippen molar-refractivity contribution in [3.05, 3.63) is 96.1 Å². The molecule has 34 heavy (non-hydrogen) atoms. The molecule has 0 heterocycles. The molecular formula is C25H23N3O5S. The summed E-state index contributed by atoms with van der Waals surface area (Å²) in [6.45, 7) is -0.301. The molecule has 9 heteroatoms. The van der Waals surface area contributed by atoms with E-state index in [-0.39, 0.29) is 30.0 Å². The van der Waals surface area contributed by atoms with Gasteiger partial charge in [-0.1, -0.05) is 54.6 Å². The van der Waals surface area contributed by atoms with Crippen molar-refractivity contribution in [3.8, 4) is 6.07 Å². The van der Waals surface area contributed by atoms with Gasteiger partial charge in [0.25, 0.3) is 5.91 Å². The zero-order valence-corrected chi connectivity index (χ0v) is 19.1. The molecule has 3 aromatic carbocycles. The highest BCUT2D eigenvalue weighted by Gasteiger charge is 2.20. The number of nitriles is 1. The minimum Gasteiger partial charge on any atom is -0.452 e. The van der Waals surface area contributed by atoms with E-state index in [2.05, 4.69) is 4.72 Å². The van der Waals surface area contributed by atoms with Gasteiger partial charge in [0.2, 0.25) is 10.0 Å². The molecule has 3 aromatic rings. The molecule has 0 unspecified atom stereocenters. The molecule has 3 rings (SSSR count). The first-order valence-electron chi connectivity index (χ1n) is 10.4. The summed E-state index contributed by atoms with van der Waals surface area (Å²) in [5, 5.41) is 8.88. The fourth-order valence-corrected chi connectivity index (χ4v) is 4.17. The Labute approximate surface area is 198 Å². The van der Waals surface area contributed by atoms with E-state index >= 15 is 0 Å². The lowest BCUT2D eigenvalue weighted by Gasteiger charge is -2.21. The number of ether oxygens (including phenoxy) is 1. The van der Waals surface area contributed by atoms with E-state index in [1.807, 2.05) is 12.1 Å². The second-order valence-electron chi connectivity index (χ2n) is 7.20. The van der Waals surface area contributed by atoms with Gasteiger partial charge in [-0.3, -0.25) is 4.79 Å². The van der Waals surface area contributed by atoms with E-state index in [1.54, 1.807) is 54.6 Å². The van der Waals surface area contributed by atoms with E-state index in [4.69, 9.17) is 10.00 Å². The number of carbonyl (C=O) groups excluding carboxylic acids is 2. The van der Waals surface area contributed by atoms with E-state index < -0.39 is 28.5 Å². The van der Waals surface area contributed by atoms with E-state index in [9.17, 15) is 18.0 Å². The predicted molar refractivity (Wildman–Crippen MR) is 126 cm³/mol. The molecule has 0 fully saturated rings. The van der Waals surface area contributed by atoms with E-state index in [0.717, 1.165) is 5.56 Å². The van der Waals surface area contributed by atoms with Crippen LogP contribution in [0, 0.1) is 11.3 Å². The summed E-state index contributed by atoms with van der Waals surface area (Å²) in [5.74, 6) is -1.33. The van der Waals surface area contributed by atoms with Crippen molar-refractivity contribution >= 4 is 27.6 Å². The van der Waals surface area contributed by atoms with Crippen LogP contribution in [-0.2, 0) is 26.1 Å². The lowest BCUT2D eigenvalue weighted by molar-refractivity contribution is -0.121. The Balaban J connectivity index is 1.65. The fourth-order valence-electron chi connectivity index (χ4n) is 3.10. The van der Waals surface area contributed by atoms with Gasteiger partial charge in [-0.15, -0.1) is 0 Å². The Morgan fingerprint density at radius 3 is 2.29 bits per heavy atom. The predicted octanol–water partition coefficient (Wildman–Crippen LogP) is 3.27. The maximum atomic E-state index is 12.7. The van der Waals surface area contributed by atoms with Crippen molar-refractivity contribution in [3.63, 3.8) is 0 Å². The van der Waals surface area contributed by atoms with Gasteiger partial charge >= 0.3 is 5.97 Å². The molecule has 0 spiro atoms. The Hall–Kier alpha value is -4.00. The molecule has 0 saturated heterocycles. The molecule has 0 bridgehead atoms.